The third-order valence-electron chi connectivity index (χ3n) is 4.82. The van der Waals surface area contributed by atoms with Gasteiger partial charge in [0, 0.05) is 23.3 Å². The smallest absolute Gasteiger partial charge is 0.251 e. The minimum atomic E-state index is -0.324. The second kappa shape index (κ2) is 10.7. The lowest BCUT2D eigenvalue weighted by Crippen LogP contribution is -2.33. The van der Waals surface area contributed by atoms with Gasteiger partial charge in [0.1, 0.15) is 0 Å². The van der Waals surface area contributed by atoms with Crippen LogP contribution in [0.3, 0.4) is 0 Å². The Labute approximate surface area is 197 Å². The van der Waals surface area contributed by atoms with Crippen LogP contribution in [0.2, 0.25) is 5.02 Å². The summed E-state index contributed by atoms with van der Waals surface area (Å²) in [5.74, 6) is 0.565. The molecule has 7 nitrogen and oxygen atoms in total. The van der Waals surface area contributed by atoms with E-state index in [-0.39, 0.29) is 29.5 Å². The highest BCUT2D eigenvalue weighted by molar-refractivity contribution is 7.99. The molecule has 0 unspecified atom stereocenters. The number of hydrogen-bond acceptors (Lipinski definition) is 5. The highest BCUT2D eigenvalue weighted by atomic mass is 35.5. The predicted octanol–water partition coefficient (Wildman–Crippen LogP) is 4.63. The fourth-order valence-electron chi connectivity index (χ4n) is 3.16. The molecule has 0 spiro atoms. The van der Waals surface area contributed by atoms with Crippen molar-refractivity contribution in [2.24, 2.45) is 13.0 Å². The van der Waals surface area contributed by atoms with E-state index >= 15 is 0 Å². The monoisotopic (exact) mass is 471 g/mol. The Bertz CT molecular complexity index is 1120. The highest BCUT2D eigenvalue weighted by Crippen LogP contribution is 2.25. The highest BCUT2D eigenvalue weighted by Gasteiger charge is 2.25. The van der Waals surface area contributed by atoms with Crippen LogP contribution in [0.1, 0.15) is 41.6 Å². The molecule has 2 aromatic carbocycles. The van der Waals surface area contributed by atoms with Gasteiger partial charge in [-0.1, -0.05) is 61.0 Å². The van der Waals surface area contributed by atoms with Crippen molar-refractivity contribution in [1.29, 1.82) is 0 Å². The van der Waals surface area contributed by atoms with E-state index < -0.39 is 0 Å². The molecule has 2 N–H and O–H groups in total. The molecule has 0 aliphatic rings. The fraction of sp³-hybridized carbons (Fsp3) is 0.304. The van der Waals surface area contributed by atoms with E-state index in [1.807, 2.05) is 50.6 Å². The average molecular weight is 472 g/mol. The fourth-order valence-corrected chi connectivity index (χ4v) is 4.06. The zero-order valence-corrected chi connectivity index (χ0v) is 20.0. The summed E-state index contributed by atoms with van der Waals surface area (Å²) in [6, 6.07) is 14.1. The van der Waals surface area contributed by atoms with Crippen LogP contribution in [0.4, 0.5) is 5.69 Å². The topological polar surface area (TPSA) is 88.9 Å². The van der Waals surface area contributed by atoms with Crippen molar-refractivity contribution >= 4 is 40.9 Å². The summed E-state index contributed by atoms with van der Waals surface area (Å²) < 4.78 is 1.82. The van der Waals surface area contributed by atoms with E-state index in [0.29, 0.717) is 27.3 Å². The van der Waals surface area contributed by atoms with Gasteiger partial charge < -0.3 is 15.2 Å². The molecule has 0 saturated heterocycles. The lowest BCUT2D eigenvalue weighted by atomic mass is 10.0. The molecule has 1 aromatic heterocycles. The number of thioether (sulfide) groups is 1. The number of nitrogens with one attached hydrogen (secondary N) is 2. The van der Waals surface area contributed by atoms with Gasteiger partial charge in [0.2, 0.25) is 5.91 Å². The molecule has 3 rings (SSSR count). The van der Waals surface area contributed by atoms with Crippen LogP contribution in [-0.4, -0.2) is 32.3 Å². The quantitative estimate of drug-likeness (QED) is 0.467. The van der Waals surface area contributed by atoms with Gasteiger partial charge in [-0.05, 0) is 43.2 Å². The molecule has 168 valence electrons. The van der Waals surface area contributed by atoms with Gasteiger partial charge in [0.25, 0.3) is 5.91 Å². The van der Waals surface area contributed by atoms with Crippen LogP contribution in [0.15, 0.2) is 53.7 Å². The number of benzene rings is 2. The summed E-state index contributed by atoms with van der Waals surface area (Å²) >= 11 is 7.23. The van der Waals surface area contributed by atoms with Crippen LogP contribution >= 0.6 is 23.4 Å². The Morgan fingerprint density at radius 3 is 2.56 bits per heavy atom. The molecule has 3 aromatic rings. The van der Waals surface area contributed by atoms with Crippen molar-refractivity contribution in [2.45, 2.75) is 32.0 Å². The third-order valence-corrected chi connectivity index (χ3v) is 6.08. The van der Waals surface area contributed by atoms with E-state index in [9.17, 15) is 9.59 Å². The Morgan fingerprint density at radius 1 is 1.12 bits per heavy atom. The maximum absolute atomic E-state index is 12.8. The van der Waals surface area contributed by atoms with E-state index in [1.54, 1.807) is 30.3 Å². The molecule has 0 aliphatic carbocycles. The van der Waals surface area contributed by atoms with Crippen LogP contribution in [0.5, 0.6) is 0 Å². The Kier molecular flexibility index (Phi) is 7.93. The lowest BCUT2D eigenvalue weighted by molar-refractivity contribution is -0.113. The number of nitrogens with zero attached hydrogens (tertiary/aromatic N) is 3. The van der Waals surface area contributed by atoms with Crippen molar-refractivity contribution in [2.75, 3.05) is 11.1 Å². The van der Waals surface area contributed by atoms with Crippen molar-refractivity contribution in [1.82, 2.24) is 20.1 Å². The maximum atomic E-state index is 12.8. The van der Waals surface area contributed by atoms with Gasteiger partial charge in [0.15, 0.2) is 11.0 Å². The minimum Gasteiger partial charge on any atom is -0.342 e. The number of aromatic nitrogens is 3. The molecule has 1 atom stereocenters. The van der Waals surface area contributed by atoms with Crippen LogP contribution in [-0.2, 0) is 11.8 Å². The SMILES string of the molecule is Cc1cccc(C(=O)N[C@H](c2nnc(SCC(=O)Nc3cccc(Cl)c3)n2C)C(C)C)c1. The van der Waals surface area contributed by atoms with Crippen molar-refractivity contribution in [3.63, 3.8) is 0 Å². The second-order valence-electron chi connectivity index (χ2n) is 7.81. The summed E-state index contributed by atoms with van der Waals surface area (Å²) in [7, 11) is 1.83. The Morgan fingerprint density at radius 2 is 1.88 bits per heavy atom. The molecular weight excluding hydrogens is 446 g/mol. The summed E-state index contributed by atoms with van der Waals surface area (Å²) in [5.41, 5.74) is 2.26. The summed E-state index contributed by atoms with van der Waals surface area (Å²) in [6.07, 6.45) is 0. The minimum absolute atomic E-state index is 0.0932. The largest absolute Gasteiger partial charge is 0.342 e. The summed E-state index contributed by atoms with van der Waals surface area (Å²) in [5, 5.41) is 15.6. The van der Waals surface area contributed by atoms with Gasteiger partial charge in [-0.3, -0.25) is 9.59 Å². The molecule has 0 aliphatic heterocycles. The number of carbonyl (C=O) groups is 2. The van der Waals surface area contributed by atoms with E-state index in [2.05, 4.69) is 20.8 Å². The first-order valence-electron chi connectivity index (χ1n) is 10.2. The van der Waals surface area contributed by atoms with Gasteiger partial charge >= 0.3 is 0 Å². The third kappa shape index (κ3) is 6.11. The van der Waals surface area contributed by atoms with E-state index in [0.717, 1.165) is 5.56 Å². The number of amides is 2. The maximum Gasteiger partial charge on any atom is 0.251 e. The van der Waals surface area contributed by atoms with Gasteiger partial charge in [-0.25, -0.2) is 0 Å². The van der Waals surface area contributed by atoms with Crippen molar-refractivity contribution < 1.29 is 9.59 Å². The number of anilines is 1. The number of rotatable bonds is 8. The van der Waals surface area contributed by atoms with Crippen molar-refractivity contribution in [3.05, 3.63) is 70.5 Å². The van der Waals surface area contributed by atoms with Gasteiger partial charge in [-0.15, -0.1) is 10.2 Å². The summed E-state index contributed by atoms with van der Waals surface area (Å²) in [4.78, 5) is 25.1. The number of halogens is 1. The zero-order chi connectivity index (χ0) is 23.3. The Hall–Kier alpha value is -2.84. The van der Waals surface area contributed by atoms with Crippen molar-refractivity contribution in [3.8, 4) is 0 Å². The predicted molar refractivity (Wildman–Crippen MR) is 128 cm³/mol. The first-order valence-corrected chi connectivity index (χ1v) is 11.6. The number of carbonyl (C=O) groups excluding carboxylic acids is 2. The lowest BCUT2D eigenvalue weighted by Gasteiger charge is -2.21. The molecule has 2 amide bonds. The van der Waals surface area contributed by atoms with Gasteiger partial charge in [0.05, 0.1) is 11.8 Å². The zero-order valence-electron chi connectivity index (χ0n) is 18.4. The molecule has 1 heterocycles. The molecule has 0 fully saturated rings. The van der Waals surface area contributed by atoms with Crippen LogP contribution in [0, 0.1) is 12.8 Å². The second-order valence-corrected chi connectivity index (χ2v) is 9.19. The molecule has 32 heavy (non-hydrogen) atoms. The van der Waals surface area contributed by atoms with E-state index in [4.69, 9.17) is 11.6 Å². The molecule has 0 radical (unpaired) electrons. The van der Waals surface area contributed by atoms with Crippen LogP contribution in [0.25, 0.3) is 0 Å². The van der Waals surface area contributed by atoms with Crippen LogP contribution < -0.4 is 10.6 Å². The standard InChI is InChI=1S/C23H26ClN5O2S/c1-14(2)20(26-22(31)16-8-5-7-15(3)11-16)21-27-28-23(29(21)4)32-13-19(30)25-18-10-6-9-17(24)12-18/h5-12,14,20H,13H2,1-4H3,(H,25,30)(H,26,31)/t20-/m0/s1. The first-order chi connectivity index (χ1) is 15.2. The number of hydrogen-bond donors (Lipinski definition) is 2. The molecular formula is C23H26ClN5O2S. The normalized spacial score (nSPS) is 11.9. The van der Waals surface area contributed by atoms with E-state index in [1.165, 1.54) is 11.8 Å². The molecule has 9 heteroatoms. The summed E-state index contributed by atoms with van der Waals surface area (Å²) in [6.45, 7) is 5.98. The average Bonchev–Trinajstić information content (AvgIpc) is 3.10. The Balaban J connectivity index is 1.67. The van der Waals surface area contributed by atoms with Gasteiger partial charge in [-0.2, -0.15) is 0 Å². The molecule has 0 saturated carbocycles. The first kappa shape index (κ1) is 23.8. The number of aryl methyl sites for hydroxylation is 1. The molecule has 0 bridgehead atoms.